The number of nitrogens with zero attached hydrogens (tertiary/aromatic N) is 1. The molecule has 1 aliphatic rings. The van der Waals surface area contributed by atoms with E-state index >= 15 is 0 Å². The van der Waals surface area contributed by atoms with Gasteiger partial charge in [-0.05, 0) is 6.92 Å². The Labute approximate surface area is 65.9 Å². The number of carbonyl (C=O) groups is 1. The summed E-state index contributed by atoms with van der Waals surface area (Å²) < 4.78 is 4.74. The normalized spacial score (nSPS) is 15.2. The Bertz CT molecular complexity index is 184. The van der Waals surface area contributed by atoms with Gasteiger partial charge in [0.05, 0.1) is 6.61 Å². The van der Waals surface area contributed by atoms with Crippen LogP contribution in [-0.2, 0) is 4.74 Å². The van der Waals surface area contributed by atoms with E-state index < -0.39 is 0 Å². The average Bonchev–Trinajstić information content (AvgIpc) is 2.07. The quantitative estimate of drug-likeness (QED) is 0.569. The molecule has 0 aromatic carbocycles. The van der Waals surface area contributed by atoms with Gasteiger partial charge in [0.25, 0.3) is 0 Å². The summed E-state index contributed by atoms with van der Waals surface area (Å²) in [7, 11) is 0. The fourth-order valence-corrected chi connectivity index (χ4v) is 0.672. The van der Waals surface area contributed by atoms with Crippen molar-refractivity contribution in [3.63, 3.8) is 0 Å². The van der Waals surface area contributed by atoms with Crippen molar-refractivity contribution >= 4 is 6.09 Å². The first-order chi connectivity index (χ1) is 5.34. The molecule has 0 saturated heterocycles. The highest BCUT2D eigenvalue weighted by molar-refractivity contribution is 5.70. The Hall–Kier alpha value is -1.25. The number of hydrogen-bond acceptors (Lipinski definition) is 2. The van der Waals surface area contributed by atoms with Gasteiger partial charge in [0, 0.05) is 18.8 Å². The highest BCUT2D eigenvalue weighted by Gasteiger charge is 2.08. The minimum absolute atomic E-state index is 0.360. The Morgan fingerprint density at radius 2 is 2.18 bits per heavy atom. The standard InChI is InChI=1S/C8H9NO2/c1-2-11-8(10)9-6-4-3-5-7-9/h4-7H,2H2,1H3. The van der Waals surface area contributed by atoms with Gasteiger partial charge in [0.1, 0.15) is 0 Å². The van der Waals surface area contributed by atoms with Gasteiger partial charge in [0.2, 0.25) is 0 Å². The van der Waals surface area contributed by atoms with Crippen LogP contribution in [0.25, 0.3) is 0 Å². The lowest BCUT2D eigenvalue weighted by atomic mass is 10.3. The molecule has 1 aliphatic heterocycles. The molecule has 0 atom stereocenters. The Morgan fingerprint density at radius 1 is 1.55 bits per heavy atom. The summed E-state index contributed by atoms with van der Waals surface area (Å²) in [6.45, 7) is 2.16. The van der Waals surface area contributed by atoms with Crippen molar-refractivity contribution in [2.45, 2.75) is 6.92 Å². The zero-order chi connectivity index (χ0) is 8.10. The maximum atomic E-state index is 11.0. The third-order valence-electron chi connectivity index (χ3n) is 1.14. The molecule has 3 nitrogen and oxygen atoms in total. The fraction of sp³-hybridized carbons (Fsp3) is 0.250. The average molecular weight is 151 g/mol. The molecule has 0 saturated carbocycles. The molecule has 1 amide bonds. The highest BCUT2D eigenvalue weighted by atomic mass is 16.5. The lowest BCUT2D eigenvalue weighted by Crippen LogP contribution is -2.21. The number of carbonyl (C=O) groups excluding carboxylic acids is 1. The van der Waals surface area contributed by atoms with Crippen LogP contribution in [-0.4, -0.2) is 17.6 Å². The van der Waals surface area contributed by atoms with Crippen LogP contribution in [0.4, 0.5) is 4.79 Å². The van der Waals surface area contributed by atoms with Crippen molar-refractivity contribution in [2.75, 3.05) is 6.61 Å². The largest absolute Gasteiger partial charge is 0.449 e. The van der Waals surface area contributed by atoms with Crippen LogP contribution in [0.2, 0.25) is 0 Å². The number of amides is 1. The smallest absolute Gasteiger partial charge is 0.417 e. The van der Waals surface area contributed by atoms with Crippen molar-refractivity contribution in [3.8, 4) is 0 Å². The van der Waals surface area contributed by atoms with Crippen LogP contribution in [0.5, 0.6) is 0 Å². The van der Waals surface area contributed by atoms with Gasteiger partial charge in [-0.25, -0.2) is 4.79 Å². The molecule has 11 heavy (non-hydrogen) atoms. The van der Waals surface area contributed by atoms with E-state index in [0.717, 1.165) is 0 Å². The molecule has 0 aliphatic carbocycles. The Morgan fingerprint density at radius 3 is 2.73 bits per heavy atom. The highest BCUT2D eigenvalue weighted by Crippen LogP contribution is 2.03. The summed E-state index contributed by atoms with van der Waals surface area (Å²) in [5.74, 6) is 0. The number of allylic oxidation sites excluding steroid dienone is 2. The van der Waals surface area contributed by atoms with E-state index in [1.165, 1.54) is 4.90 Å². The van der Waals surface area contributed by atoms with Crippen molar-refractivity contribution in [3.05, 3.63) is 31.0 Å². The molecular formula is C8H9NO2. The maximum Gasteiger partial charge on any atom is 0.417 e. The summed E-state index contributed by atoms with van der Waals surface area (Å²) in [6, 6.07) is 0. The lowest BCUT2D eigenvalue weighted by Gasteiger charge is -2.14. The molecule has 0 bridgehead atoms. The Kier molecular flexibility index (Phi) is 2.72. The van der Waals surface area contributed by atoms with E-state index in [4.69, 9.17) is 4.74 Å². The molecule has 0 spiro atoms. The van der Waals surface area contributed by atoms with Crippen molar-refractivity contribution in [1.29, 1.82) is 0 Å². The van der Waals surface area contributed by atoms with Crippen LogP contribution in [0.3, 0.4) is 0 Å². The lowest BCUT2D eigenvalue weighted by molar-refractivity contribution is 0.133. The van der Waals surface area contributed by atoms with Crippen molar-refractivity contribution in [1.82, 2.24) is 4.90 Å². The summed E-state index contributed by atoms with van der Waals surface area (Å²) in [5.41, 5.74) is 0. The van der Waals surface area contributed by atoms with Gasteiger partial charge in [-0.1, -0.05) is 12.2 Å². The molecule has 0 aromatic heterocycles. The molecule has 1 rings (SSSR count). The van der Waals surface area contributed by atoms with Crippen LogP contribution < -0.4 is 0 Å². The SMILES string of the molecule is CCOC(=O)N1C=C[C]C=C1. The summed E-state index contributed by atoms with van der Waals surface area (Å²) >= 11 is 0. The molecule has 2 radical (unpaired) electrons. The predicted molar refractivity (Wildman–Crippen MR) is 40.4 cm³/mol. The van der Waals surface area contributed by atoms with Crippen LogP contribution in [0, 0.1) is 6.42 Å². The van der Waals surface area contributed by atoms with Crippen LogP contribution >= 0.6 is 0 Å². The molecule has 3 heteroatoms. The van der Waals surface area contributed by atoms with E-state index in [9.17, 15) is 4.79 Å². The molecule has 1 heterocycles. The predicted octanol–water partition coefficient (Wildman–Crippen LogP) is 1.57. The van der Waals surface area contributed by atoms with Crippen LogP contribution in [0.1, 0.15) is 6.92 Å². The summed E-state index contributed by atoms with van der Waals surface area (Å²) in [6.07, 6.45) is 8.93. The Balaban J connectivity index is 2.45. The molecule has 0 fully saturated rings. The second-order valence-electron chi connectivity index (χ2n) is 1.90. The van der Waals surface area contributed by atoms with E-state index in [0.29, 0.717) is 6.61 Å². The minimum Gasteiger partial charge on any atom is -0.449 e. The van der Waals surface area contributed by atoms with E-state index in [-0.39, 0.29) is 6.09 Å². The van der Waals surface area contributed by atoms with Crippen LogP contribution in [0.15, 0.2) is 24.6 Å². The van der Waals surface area contributed by atoms with Gasteiger partial charge in [-0.2, -0.15) is 0 Å². The van der Waals surface area contributed by atoms with Crippen molar-refractivity contribution in [2.24, 2.45) is 0 Å². The first-order valence-corrected chi connectivity index (χ1v) is 3.39. The number of ether oxygens (including phenoxy) is 1. The van der Waals surface area contributed by atoms with Gasteiger partial charge >= 0.3 is 6.09 Å². The number of rotatable bonds is 1. The number of hydrogen-bond donors (Lipinski definition) is 0. The minimum atomic E-state index is -0.360. The molecule has 0 unspecified atom stereocenters. The van der Waals surface area contributed by atoms with E-state index in [1.54, 1.807) is 31.5 Å². The fourth-order valence-electron chi connectivity index (χ4n) is 0.672. The summed E-state index contributed by atoms with van der Waals surface area (Å²) in [5, 5.41) is 0. The second-order valence-corrected chi connectivity index (χ2v) is 1.90. The zero-order valence-corrected chi connectivity index (χ0v) is 6.28. The van der Waals surface area contributed by atoms with Gasteiger partial charge in [-0.3, -0.25) is 4.90 Å². The molecule has 0 N–H and O–H groups in total. The monoisotopic (exact) mass is 151 g/mol. The van der Waals surface area contributed by atoms with E-state index in [2.05, 4.69) is 6.42 Å². The van der Waals surface area contributed by atoms with E-state index in [1.807, 2.05) is 0 Å². The maximum absolute atomic E-state index is 11.0. The first kappa shape index (κ1) is 7.85. The first-order valence-electron chi connectivity index (χ1n) is 3.39. The van der Waals surface area contributed by atoms with Gasteiger partial charge in [0.15, 0.2) is 0 Å². The van der Waals surface area contributed by atoms with Gasteiger partial charge < -0.3 is 4.74 Å². The van der Waals surface area contributed by atoms with Gasteiger partial charge in [-0.15, -0.1) is 0 Å². The topological polar surface area (TPSA) is 29.5 Å². The third-order valence-corrected chi connectivity index (χ3v) is 1.14. The molecule has 58 valence electrons. The molecular weight excluding hydrogens is 142 g/mol. The second kappa shape index (κ2) is 3.81. The van der Waals surface area contributed by atoms with Crippen molar-refractivity contribution < 1.29 is 9.53 Å². The summed E-state index contributed by atoms with van der Waals surface area (Å²) in [4.78, 5) is 12.3. The zero-order valence-electron chi connectivity index (χ0n) is 6.28. The third kappa shape index (κ3) is 2.11. The molecule has 0 aromatic rings.